The van der Waals surface area contributed by atoms with Gasteiger partial charge in [-0.05, 0) is 24.6 Å². The number of hydrogen-bond donors (Lipinski definition) is 1. The van der Waals surface area contributed by atoms with Crippen LogP contribution in [0.2, 0.25) is 0 Å². The van der Waals surface area contributed by atoms with Gasteiger partial charge in [-0.1, -0.05) is 12.1 Å². The van der Waals surface area contributed by atoms with Crippen LogP contribution in [0.15, 0.2) is 24.3 Å². The highest BCUT2D eigenvalue weighted by atomic mass is 19.1. The lowest BCUT2D eigenvalue weighted by Gasteiger charge is -2.10. The smallest absolute Gasteiger partial charge is 0.134 e. The van der Waals surface area contributed by atoms with Gasteiger partial charge in [-0.2, -0.15) is 0 Å². The quantitative estimate of drug-likeness (QED) is 0.713. The minimum atomic E-state index is -0.213. The molecule has 1 fully saturated rings. The van der Waals surface area contributed by atoms with E-state index >= 15 is 0 Å². The summed E-state index contributed by atoms with van der Waals surface area (Å²) in [6.07, 6.45) is -0.0735. The van der Waals surface area contributed by atoms with E-state index in [9.17, 15) is 4.39 Å². The van der Waals surface area contributed by atoms with Gasteiger partial charge >= 0.3 is 0 Å². The molecule has 1 heterocycles. The average molecular weight is 181 g/mol. The molecule has 1 N–H and O–H groups in total. The highest BCUT2D eigenvalue weighted by Gasteiger charge is 2.21. The third-order valence-corrected chi connectivity index (χ3v) is 2.12. The van der Waals surface area contributed by atoms with E-state index in [2.05, 4.69) is 12.2 Å². The van der Waals surface area contributed by atoms with Gasteiger partial charge in [0.15, 0.2) is 0 Å². The fourth-order valence-electron chi connectivity index (χ4n) is 1.43. The Balaban J connectivity index is 2.13. The molecule has 1 aromatic carbocycles. The SMILES string of the molecule is CC1COC(c2ccc(F)cc2)N1. The maximum absolute atomic E-state index is 12.6. The number of benzene rings is 1. The summed E-state index contributed by atoms with van der Waals surface area (Å²) in [5.74, 6) is -0.213. The number of halogens is 1. The first-order valence-corrected chi connectivity index (χ1v) is 4.39. The Bertz CT molecular complexity index is 285. The second-order valence-electron chi connectivity index (χ2n) is 3.33. The predicted octanol–water partition coefficient (Wildman–Crippen LogP) is 1.83. The summed E-state index contributed by atoms with van der Waals surface area (Å²) in [4.78, 5) is 0. The molecule has 2 unspecified atom stereocenters. The second kappa shape index (κ2) is 3.44. The zero-order chi connectivity index (χ0) is 9.26. The van der Waals surface area contributed by atoms with Crippen LogP contribution in [0.3, 0.4) is 0 Å². The van der Waals surface area contributed by atoms with Crippen LogP contribution >= 0.6 is 0 Å². The lowest BCUT2D eigenvalue weighted by molar-refractivity contribution is 0.101. The van der Waals surface area contributed by atoms with E-state index in [0.717, 1.165) is 5.56 Å². The maximum atomic E-state index is 12.6. The fraction of sp³-hybridized carbons (Fsp3) is 0.400. The van der Waals surface area contributed by atoms with E-state index in [4.69, 9.17) is 4.74 Å². The molecule has 1 aromatic rings. The molecule has 0 amide bonds. The molecule has 0 aromatic heterocycles. The molecule has 0 saturated carbocycles. The molecule has 70 valence electrons. The van der Waals surface area contributed by atoms with Crippen molar-refractivity contribution in [2.45, 2.75) is 19.2 Å². The van der Waals surface area contributed by atoms with Crippen molar-refractivity contribution < 1.29 is 9.13 Å². The highest BCUT2D eigenvalue weighted by Crippen LogP contribution is 2.20. The molecular weight excluding hydrogens is 169 g/mol. The van der Waals surface area contributed by atoms with Gasteiger partial charge < -0.3 is 4.74 Å². The van der Waals surface area contributed by atoms with Gasteiger partial charge in [-0.25, -0.2) is 4.39 Å². The van der Waals surface area contributed by atoms with Crippen molar-refractivity contribution in [1.82, 2.24) is 5.32 Å². The minimum absolute atomic E-state index is 0.0735. The van der Waals surface area contributed by atoms with E-state index in [1.807, 2.05) is 0 Å². The molecule has 1 saturated heterocycles. The van der Waals surface area contributed by atoms with Crippen molar-refractivity contribution in [3.63, 3.8) is 0 Å². The standard InChI is InChI=1S/C10H12FNO/c1-7-6-13-10(12-7)8-2-4-9(11)5-3-8/h2-5,7,10,12H,6H2,1H3. The van der Waals surface area contributed by atoms with Crippen LogP contribution in [-0.2, 0) is 4.74 Å². The molecule has 0 bridgehead atoms. The Hall–Kier alpha value is -0.930. The molecule has 1 aliphatic rings. The number of rotatable bonds is 1. The van der Waals surface area contributed by atoms with Crippen LogP contribution in [-0.4, -0.2) is 12.6 Å². The topological polar surface area (TPSA) is 21.3 Å². The number of hydrogen-bond acceptors (Lipinski definition) is 2. The molecule has 0 spiro atoms. The Kier molecular flexibility index (Phi) is 2.29. The van der Waals surface area contributed by atoms with E-state index < -0.39 is 0 Å². The molecule has 0 aliphatic carbocycles. The van der Waals surface area contributed by atoms with Gasteiger partial charge in [0.05, 0.1) is 6.61 Å². The van der Waals surface area contributed by atoms with Gasteiger partial charge in [0, 0.05) is 6.04 Å². The monoisotopic (exact) mass is 181 g/mol. The fourth-order valence-corrected chi connectivity index (χ4v) is 1.43. The van der Waals surface area contributed by atoms with Crippen LogP contribution in [0.4, 0.5) is 4.39 Å². The Morgan fingerprint density at radius 2 is 2.08 bits per heavy atom. The maximum Gasteiger partial charge on any atom is 0.134 e. The van der Waals surface area contributed by atoms with Crippen LogP contribution in [0, 0.1) is 5.82 Å². The molecule has 13 heavy (non-hydrogen) atoms. The summed E-state index contributed by atoms with van der Waals surface area (Å²) in [5.41, 5.74) is 0.978. The largest absolute Gasteiger partial charge is 0.357 e. The average Bonchev–Trinajstić information content (AvgIpc) is 2.53. The van der Waals surface area contributed by atoms with Gasteiger partial charge in [0.1, 0.15) is 12.0 Å². The van der Waals surface area contributed by atoms with Gasteiger partial charge in [-0.15, -0.1) is 0 Å². The molecule has 0 radical (unpaired) electrons. The van der Waals surface area contributed by atoms with Crippen LogP contribution in [0.25, 0.3) is 0 Å². The van der Waals surface area contributed by atoms with E-state index in [1.165, 1.54) is 12.1 Å². The van der Waals surface area contributed by atoms with Gasteiger partial charge in [0.25, 0.3) is 0 Å². The summed E-state index contributed by atoms with van der Waals surface area (Å²) in [5, 5.41) is 3.24. The Morgan fingerprint density at radius 3 is 2.62 bits per heavy atom. The molecule has 2 atom stereocenters. The van der Waals surface area contributed by atoms with Gasteiger partial charge in [0.2, 0.25) is 0 Å². The van der Waals surface area contributed by atoms with E-state index in [-0.39, 0.29) is 12.0 Å². The van der Waals surface area contributed by atoms with E-state index in [0.29, 0.717) is 12.6 Å². The molecule has 3 heteroatoms. The third-order valence-electron chi connectivity index (χ3n) is 2.12. The lowest BCUT2D eigenvalue weighted by Crippen LogP contribution is -2.22. The van der Waals surface area contributed by atoms with Crippen LogP contribution in [0.1, 0.15) is 18.7 Å². The summed E-state index contributed by atoms with van der Waals surface area (Å²) in [6, 6.07) is 6.75. The summed E-state index contributed by atoms with van der Waals surface area (Å²) in [6.45, 7) is 2.77. The minimum Gasteiger partial charge on any atom is -0.357 e. The molecular formula is C10H12FNO. The lowest BCUT2D eigenvalue weighted by atomic mass is 10.2. The summed E-state index contributed by atoms with van der Waals surface area (Å²) < 4.78 is 18.0. The number of nitrogens with one attached hydrogen (secondary N) is 1. The number of ether oxygens (including phenoxy) is 1. The van der Waals surface area contributed by atoms with Crippen molar-refractivity contribution in [3.8, 4) is 0 Å². The molecule has 2 rings (SSSR count). The zero-order valence-corrected chi connectivity index (χ0v) is 7.46. The molecule has 1 aliphatic heterocycles. The first kappa shape index (κ1) is 8.66. The highest BCUT2D eigenvalue weighted by molar-refractivity contribution is 5.18. The van der Waals surface area contributed by atoms with Crippen molar-refractivity contribution in [2.24, 2.45) is 0 Å². The third kappa shape index (κ3) is 1.87. The summed E-state index contributed by atoms with van der Waals surface area (Å²) >= 11 is 0. The van der Waals surface area contributed by atoms with Crippen LogP contribution < -0.4 is 5.32 Å². The molecule has 2 nitrogen and oxygen atoms in total. The van der Waals surface area contributed by atoms with Gasteiger partial charge in [-0.3, -0.25) is 5.32 Å². The first-order chi connectivity index (χ1) is 6.25. The van der Waals surface area contributed by atoms with Crippen molar-refractivity contribution in [3.05, 3.63) is 35.6 Å². The Labute approximate surface area is 76.7 Å². The summed E-state index contributed by atoms with van der Waals surface area (Å²) in [7, 11) is 0. The predicted molar refractivity (Wildman–Crippen MR) is 47.7 cm³/mol. The van der Waals surface area contributed by atoms with Crippen molar-refractivity contribution >= 4 is 0 Å². The van der Waals surface area contributed by atoms with E-state index in [1.54, 1.807) is 12.1 Å². The second-order valence-corrected chi connectivity index (χ2v) is 3.33. The van der Waals surface area contributed by atoms with Crippen LogP contribution in [0.5, 0.6) is 0 Å². The first-order valence-electron chi connectivity index (χ1n) is 4.39. The zero-order valence-electron chi connectivity index (χ0n) is 7.46. The van der Waals surface area contributed by atoms with Crippen molar-refractivity contribution in [1.29, 1.82) is 0 Å². The Morgan fingerprint density at radius 1 is 1.38 bits per heavy atom. The normalized spacial score (nSPS) is 27.8. The van der Waals surface area contributed by atoms with Crippen molar-refractivity contribution in [2.75, 3.05) is 6.61 Å².